The molecule has 0 aliphatic rings. The molecule has 0 aliphatic heterocycles. The minimum Gasteiger partial charge on any atom is -0.464 e. The molecule has 0 saturated carbocycles. The van der Waals surface area contributed by atoms with Gasteiger partial charge in [-0.2, -0.15) is 0 Å². The molecule has 1 aromatic carbocycles. The number of fused-ring (bicyclic) bond motifs is 1. The second kappa shape index (κ2) is 3.16. The molecule has 0 N–H and O–H groups in total. The summed E-state index contributed by atoms with van der Waals surface area (Å²) in [4.78, 5) is 0. The second-order valence-electron chi connectivity index (χ2n) is 4.99. The highest BCUT2D eigenvalue weighted by molar-refractivity contribution is 5.80. The van der Waals surface area contributed by atoms with Gasteiger partial charge in [-0.15, -0.1) is 0 Å². The van der Waals surface area contributed by atoms with Crippen LogP contribution < -0.4 is 0 Å². The van der Waals surface area contributed by atoms with Gasteiger partial charge in [-0.3, -0.25) is 0 Å². The molecule has 0 aliphatic carbocycles. The fourth-order valence-electron chi connectivity index (χ4n) is 1.74. The van der Waals surface area contributed by atoms with Crippen LogP contribution in [0.4, 0.5) is 0 Å². The van der Waals surface area contributed by atoms with E-state index in [1.54, 1.807) is 0 Å². The maximum atomic E-state index is 5.49. The first-order valence-electron chi connectivity index (χ1n) is 5.01. The Hall–Kier alpha value is -1.24. The number of hydrogen-bond donors (Lipinski definition) is 0. The van der Waals surface area contributed by atoms with E-state index in [4.69, 9.17) is 4.42 Å². The second-order valence-corrected chi connectivity index (χ2v) is 4.99. The topological polar surface area (TPSA) is 13.1 Å². The summed E-state index contributed by atoms with van der Waals surface area (Å²) >= 11 is 0. The Bertz CT molecular complexity index is 432. The van der Waals surface area contributed by atoms with Crippen LogP contribution in [-0.4, -0.2) is 0 Å². The highest BCUT2D eigenvalue weighted by atomic mass is 16.3. The Morgan fingerprint density at radius 2 is 1.86 bits per heavy atom. The van der Waals surface area contributed by atoms with Crippen molar-refractivity contribution in [3.8, 4) is 0 Å². The van der Waals surface area contributed by atoms with Gasteiger partial charge in [0.05, 0.1) is 6.26 Å². The Labute approximate surface area is 84.7 Å². The Balaban J connectivity index is 2.44. The summed E-state index contributed by atoms with van der Waals surface area (Å²) in [6, 6.07) is 8.21. The molecule has 2 aromatic rings. The number of hydrogen-bond acceptors (Lipinski definition) is 1. The van der Waals surface area contributed by atoms with Crippen molar-refractivity contribution in [1.29, 1.82) is 0 Å². The zero-order valence-corrected chi connectivity index (χ0v) is 9.00. The van der Waals surface area contributed by atoms with E-state index < -0.39 is 0 Å². The smallest absolute Gasteiger partial charge is 0.134 e. The van der Waals surface area contributed by atoms with Crippen molar-refractivity contribution >= 4 is 11.0 Å². The normalized spacial score (nSPS) is 12.2. The van der Waals surface area contributed by atoms with Gasteiger partial charge >= 0.3 is 0 Å². The van der Waals surface area contributed by atoms with E-state index in [1.807, 2.05) is 18.4 Å². The van der Waals surface area contributed by atoms with Gasteiger partial charge in [-0.05, 0) is 23.5 Å². The predicted molar refractivity (Wildman–Crippen MR) is 59.4 cm³/mol. The van der Waals surface area contributed by atoms with E-state index >= 15 is 0 Å². The summed E-state index contributed by atoms with van der Waals surface area (Å²) < 4.78 is 5.49. The molecule has 74 valence electrons. The lowest BCUT2D eigenvalue weighted by Gasteiger charge is -2.16. The van der Waals surface area contributed by atoms with Crippen LogP contribution in [0.25, 0.3) is 11.0 Å². The molecule has 0 atom stereocenters. The summed E-state index contributed by atoms with van der Waals surface area (Å²) in [5, 5.41) is 1.25. The highest BCUT2D eigenvalue weighted by Crippen LogP contribution is 2.27. The van der Waals surface area contributed by atoms with Crippen molar-refractivity contribution in [2.45, 2.75) is 27.2 Å². The SMILES string of the molecule is CC(C)(C)Cc1coc2ccccc12. The molecule has 0 unspecified atom stereocenters. The van der Waals surface area contributed by atoms with Crippen LogP contribution in [0, 0.1) is 5.41 Å². The summed E-state index contributed by atoms with van der Waals surface area (Å²) in [7, 11) is 0. The van der Waals surface area contributed by atoms with E-state index in [0.717, 1.165) is 12.0 Å². The van der Waals surface area contributed by atoms with Crippen LogP contribution in [0.3, 0.4) is 0 Å². The lowest BCUT2D eigenvalue weighted by atomic mass is 9.88. The third-order valence-corrected chi connectivity index (χ3v) is 2.28. The zero-order chi connectivity index (χ0) is 10.2. The molecule has 0 radical (unpaired) electrons. The van der Waals surface area contributed by atoms with Crippen molar-refractivity contribution in [3.63, 3.8) is 0 Å². The van der Waals surface area contributed by atoms with E-state index in [-0.39, 0.29) is 0 Å². The number of furan rings is 1. The summed E-state index contributed by atoms with van der Waals surface area (Å²) in [5.74, 6) is 0. The molecule has 1 heterocycles. The minimum absolute atomic E-state index is 0.312. The van der Waals surface area contributed by atoms with Crippen molar-refractivity contribution in [3.05, 3.63) is 36.1 Å². The fourth-order valence-corrected chi connectivity index (χ4v) is 1.74. The third-order valence-electron chi connectivity index (χ3n) is 2.28. The Morgan fingerprint density at radius 3 is 2.57 bits per heavy atom. The molecular weight excluding hydrogens is 172 g/mol. The van der Waals surface area contributed by atoms with Gasteiger partial charge in [-0.1, -0.05) is 39.0 Å². The first-order chi connectivity index (χ1) is 6.56. The van der Waals surface area contributed by atoms with E-state index in [0.29, 0.717) is 5.41 Å². The monoisotopic (exact) mass is 188 g/mol. The molecule has 1 aromatic heterocycles. The van der Waals surface area contributed by atoms with Crippen molar-refractivity contribution < 1.29 is 4.42 Å². The molecule has 0 bridgehead atoms. The van der Waals surface area contributed by atoms with Gasteiger partial charge in [0, 0.05) is 5.39 Å². The van der Waals surface area contributed by atoms with Gasteiger partial charge in [0.15, 0.2) is 0 Å². The summed E-state index contributed by atoms with van der Waals surface area (Å²) in [5.41, 5.74) is 2.62. The standard InChI is InChI=1S/C13H16O/c1-13(2,3)8-10-9-14-12-7-5-4-6-11(10)12/h4-7,9H,8H2,1-3H3. The Kier molecular flexibility index (Phi) is 2.10. The lowest BCUT2D eigenvalue weighted by molar-refractivity contribution is 0.410. The van der Waals surface area contributed by atoms with E-state index in [2.05, 4.69) is 32.9 Å². The van der Waals surface area contributed by atoms with Crippen LogP contribution in [0.2, 0.25) is 0 Å². The van der Waals surface area contributed by atoms with Crippen LogP contribution in [-0.2, 0) is 6.42 Å². The molecule has 14 heavy (non-hydrogen) atoms. The average Bonchev–Trinajstić information content (AvgIpc) is 2.47. The molecular formula is C13H16O. The van der Waals surface area contributed by atoms with Crippen LogP contribution in [0.1, 0.15) is 26.3 Å². The molecule has 0 amide bonds. The van der Waals surface area contributed by atoms with Gasteiger partial charge in [0.1, 0.15) is 5.58 Å². The number of rotatable bonds is 1. The highest BCUT2D eigenvalue weighted by Gasteiger charge is 2.14. The first kappa shape index (κ1) is 9.32. The zero-order valence-electron chi connectivity index (χ0n) is 9.00. The van der Waals surface area contributed by atoms with E-state index in [1.165, 1.54) is 10.9 Å². The quantitative estimate of drug-likeness (QED) is 0.658. The fraction of sp³-hybridized carbons (Fsp3) is 0.385. The van der Waals surface area contributed by atoms with E-state index in [9.17, 15) is 0 Å². The molecule has 1 heteroatoms. The van der Waals surface area contributed by atoms with Crippen molar-refractivity contribution in [2.24, 2.45) is 5.41 Å². The van der Waals surface area contributed by atoms with Crippen LogP contribution >= 0.6 is 0 Å². The Morgan fingerprint density at radius 1 is 1.14 bits per heavy atom. The number of para-hydroxylation sites is 1. The summed E-state index contributed by atoms with van der Waals surface area (Å²) in [6.07, 6.45) is 2.94. The van der Waals surface area contributed by atoms with Gasteiger partial charge in [-0.25, -0.2) is 0 Å². The largest absolute Gasteiger partial charge is 0.464 e. The van der Waals surface area contributed by atoms with Crippen LogP contribution in [0.5, 0.6) is 0 Å². The predicted octanol–water partition coefficient (Wildman–Crippen LogP) is 4.02. The minimum atomic E-state index is 0.312. The maximum Gasteiger partial charge on any atom is 0.134 e. The molecule has 0 spiro atoms. The molecule has 2 rings (SSSR count). The maximum absolute atomic E-state index is 5.49. The van der Waals surface area contributed by atoms with Gasteiger partial charge < -0.3 is 4.42 Å². The molecule has 1 nitrogen and oxygen atoms in total. The average molecular weight is 188 g/mol. The van der Waals surface area contributed by atoms with Crippen LogP contribution in [0.15, 0.2) is 34.9 Å². The summed E-state index contributed by atoms with van der Waals surface area (Å²) in [6.45, 7) is 6.73. The number of benzene rings is 1. The van der Waals surface area contributed by atoms with Crippen molar-refractivity contribution in [1.82, 2.24) is 0 Å². The molecule has 0 fully saturated rings. The van der Waals surface area contributed by atoms with Crippen molar-refractivity contribution in [2.75, 3.05) is 0 Å². The third kappa shape index (κ3) is 1.82. The van der Waals surface area contributed by atoms with Gasteiger partial charge in [0.2, 0.25) is 0 Å². The van der Waals surface area contributed by atoms with Gasteiger partial charge in [0.25, 0.3) is 0 Å². The molecule has 0 saturated heterocycles. The first-order valence-corrected chi connectivity index (χ1v) is 5.01. The lowest BCUT2D eigenvalue weighted by Crippen LogP contribution is -2.08.